The van der Waals surface area contributed by atoms with Crippen molar-refractivity contribution in [3.8, 4) is 29.0 Å². The summed E-state index contributed by atoms with van der Waals surface area (Å²) in [5, 5.41) is 27.3. The molecule has 0 radical (unpaired) electrons. The van der Waals surface area contributed by atoms with E-state index < -0.39 is 5.92 Å². The lowest BCUT2D eigenvalue weighted by Crippen LogP contribution is -2.20. The van der Waals surface area contributed by atoms with Crippen LogP contribution in [0.25, 0.3) is 11.3 Å². The molecule has 2 aromatic carbocycles. The lowest BCUT2D eigenvalue weighted by atomic mass is 9.83. The first-order chi connectivity index (χ1) is 12.6. The molecule has 1 unspecified atom stereocenters. The summed E-state index contributed by atoms with van der Waals surface area (Å²) in [5.41, 5.74) is 9.14. The van der Waals surface area contributed by atoms with Crippen molar-refractivity contribution in [1.29, 1.82) is 5.26 Å². The zero-order chi connectivity index (χ0) is 18.3. The van der Waals surface area contributed by atoms with E-state index in [0.717, 1.165) is 5.56 Å². The number of aromatic hydroxyl groups is 1. The molecule has 0 bridgehead atoms. The maximum absolute atomic E-state index is 9.88. The molecule has 1 aliphatic heterocycles. The predicted octanol–water partition coefficient (Wildman–Crippen LogP) is 3.65. The van der Waals surface area contributed by atoms with Crippen LogP contribution >= 0.6 is 11.6 Å². The first kappa shape index (κ1) is 16.1. The quantitative estimate of drug-likeness (QED) is 0.643. The first-order valence-corrected chi connectivity index (χ1v) is 8.17. The molecule has 26 heavy (non-hydrogen) atoms. The molecule has 7 heteroatoms. The van der Waals surface area contributed by atoms with E-state index in [-0.39, 0.29) is 17.2 Å². The average molecular weight is 365 g/mol. The van der Waals surface area contributed by atoms with Crippen molar-refractivity contribution in [2.75, 3.05) is 0 Å². The molecule has 4 N–H and O–H groups in total. The van der Waals surface area contributed by atoms with Gasteiger partial charge in [0, 0.05) is 10.6 Å². The standard InChI is InChI=1S/C19H13ClN4O2/c20-12-6-4-10(5-7-12)17-16-15(11-2-1-3-13(25)8-11)14(9-21)18(22)26-19(16)24-23-17/h1-8,15,25H,22H2,(H,23,24). The average Bonchev–Trinajstić information content (AvgIpc) is 3.04. The molecule has 128 valence electrons. The van der Waals surface area contributed by atoms with Gasteiger partial charge in [-0.05, 0) is 29.8 Å². The van der Waals surface area contributed by atoms with Gasteiger partial charge < -0.3 is 15.6 Å². The third-order valence-corrected chi connectivity index (χ3v) is 4.53. The number of nitriles is 1. The number of hydrogen-bond acceptors (Lipinski definition) is 5. The molecule has 0 amide bonds. The number of nitrogens with two attached hydrogens (primary N) is 1. The number of aromatic amines is 1. The SMILES string of the molecule is N#CC1=C(N)Oc2n[nH]c(-c3ccc(Cl)cc3)c2C1c1cccc(O)c1. The molecule has 3 aromatic rings. The number of halogens is 1. The van der Waals surface area contributed by atoms with Crippen LogP contribution in [0.5, 0.6) is 11.6 Å². The molecule has 1 aliphatic rings. The Hall–Kier alpha value is -3.43. The minimum atomic E-state index is -0.514. The lowest BCUT2D eigenvalue weighted by molar-refractivity contribution is 0.378. The zero-order valence-corrected chi connectivity index (χ0v) is 14.2. The fourth-order valence-electron chi connectivity index (χ4n) is 3.12. The first-order valence-electron chi connectivity index (χ1n) is 7.79. The number of benzene rings is 2. The summed E-state index contributed by atoms with van der Waals surface area (Å²) >= 11 is 5.98. The highest BCUT2D eigenvalue weighted by Crippen LogP contribution is 2.46. The van der Waals surface area contributed by atoms with E-state index in [0.29, 0.717) is 27.7 Å². The lowest BCUT2D eigenvalue weighted by Gasteiger charge is -2.24. The molecule has 2 heterocycles. The van der Waals surface area contributed by atoms with Crippen molar-refractivity contribution in [1.82, 2.24) is 10.2 Å². The van der Waals surface area contributed by atoms with Gasteiger partial charge in [-0.25, -0.2) is 0 Å². The van der Waals surface area contributed by atoms with Gasteiger partial charge in [-0.3, -0.25) is 5.10 Å². The topological polar surface area (TPSA) is 108 Å². The van der Waals surface area contributed by atoms with Crippen molar-refractivity contribution in [2.45, 2.75) is 5.92 Å². The van der Waals surface area contributed by atoms with Crippen molar-refractivity contribution in [3.05, 3.63) is 76.1 Å². The number of phenols is 1. The second-order valence-electron chi connectivity index (χ2n) is 5.84. The summed E-state index contributed by atoms with van der Waals surface area (Å²) in [4.78, 5) is 0. The van der Waals surface area contributed by atoms with E-state index in [9.17, 15) is 10.4 Å². The summed E-state index contributed by atoms with van der Waals surface area (Å²) in [5.74, 6) is -0.106. The van der Waals surface area contributed by atoms with E-state index in [2.05, 4.69) is 16.3 Å². The highest BCUT2D eigenvalue weighted by molar-refractivity contribution is 6.30. The second-order valence-corrected chi connectivity index (χ2v) is 6.28. The van der Waals surface area contributed by atoms with Crippen LogP contribution < -0.4 is 10.5 Å². The van der Waals surface area contributed by atoms with Crippen molar-refractivity contribution in [3.63, 3.8) is 0 Å². The number of nitrogens with one attached hydrogen (secondary N) is 1. The van der Waals surface area contributed by atoms with Gasteiger partial charge in [0.2, 0.25) is 11.8 Å². The van der Waals surface area contributed by atoms with Gasteiger partial charge in [-0.2, -0.15) is 5.26 Å². The van der Waals surface area contributed by atoms with Crippen LogP contribution in [0.3, 0.4) is 0 Å². The van der Waals surface area contributed by atoms with E-state index >= 15 is 0 Å². The van der Waals surface area contributed by atoms with Gasteiger partial charge in [-0.1, -0.05) is 35.9 Å². The third-order valence-electron chi connectivity index (χ3n) is 4.28. The van der Waals surface area contributed by atoms with Crippen LogP contribution in [0.4, 0.5) is 0 Å². The Morgan fingerprint density at radius 1 is 1.23 bits per heavy atom. The van der Waals surface area contributed by atoms with Crippen LogP contribution in [0.1, 0.15) is 17.0 Å². The van der Waals surface area contributed by atoms with Gasteiger partial charge in [0.15, 0.2) is 0 Å². The third kappa shape index (κ3) is 2.55. The minimum absolute atomic E-state index is 0.00231. The van der Waals surface area contributed by atoms with Gasteiger partial charge in [0.1, 0.15) is 17.4 Å². The minimum Gasteiger partial charge on any atom is -0.508 e. The van der Waals surface area contributed by atoms with E-state index in [4.69, 9.17) is 22.1 Å². The van der Waals surface area contributed by atoms with E-state index in [1.807, 2.05) is 18.2 Å². The number of hydrogen-bond donors (Lipinski definition) is 3. The van der Waals surface area contributed by atoms with Gasteiger partial charge in [-0.15, -0.1) is 5.10 Å². The van der Waals surface area contributed by atoms with Gasteiger partial charge in [0.05, 0.1) is 17.2 Å². The zero-order valence-electron chi connectivity index (χ0n) is 13.4. The summed E-state index contributed by atoms with van der Waals surface area (Å²) in [6.07, 6.45) is 0. The van der Waals surface area contributed by atoms with Crippen molar-refractivity contribution < 1.29 is 9.84 Å². The maximum atomic E-state index is 9.88. The molecule has 4 rings (SSSR count). The maximum Gasteiger partial charge on any atom is 0.244 e. The van der Waals surface area contributed by atoms with Crippen LogP contribution in [0.2, 0.25) is 5.02 Å². The number of fused-ring (bicyclic) bond motifs is 1. The monoisotopic (exact) mass is 364 g/mol. The Morgan fingerprint density at radius 3 is 2.69 bits per heavy atom. The Labute approximate surface area is 154 Å². The molecular formula is C19H13ClN4O2. The smallest absolute Gasteiger partial charge is 0.244 e. The fourth-order valence-corrected chi connectivity index (χ4v) is 3.25. The summed E-state index contributed by atoms with van der Waals surface area (Å²) in [6.45, 7) is 0. The van der Waals surface area contributed by atoms with Crippen LogP contribution in [-0.2, 0) is 0 Å². The van der Waals surface area contributed by atoms with Crippen LogP contribution in [0, 0.1) is 11.3 Å². The highest BCUT2D eigenvalue weighted by Gasteiger charge is 2.35. The van der Waals surface area contributed by atoms with Crippen LogP contribution in [0.15, 0.2) is 60.0 Å². The van der Waals surface area contributed by atoms with E-state index in [1.54, 1.807) is 30.3 Å². The van der Waals surface area contributed by atoms with Gasteiger partial charge >= 0.3 is 0 Å². The Kier molecular flexibility index (Phi) is 3.79. The number of allylic oxidation sites excluding steroid dienone is 1. The number of H-pyrrole nitrogens is 1. The van der Waals surface area contributed by atoms with Crippen molar-refractivity contribution in [2.24, 2.45) is 5.73 Å². The molecule has 0 spiro atoms. The van der Waals surface area contributed by atoms with Crippen molar-refractivity contribution >= 4 is 11.6 Å². The predicted molar refractivity (Wildman–Crippen MR) is 96.4 cm³/mol. The van der Waals surface area contributed by atoms with Gasteiger partial charge in [0.25, 0.3) is 0 Å². The summed E-state index contributed by atoms with van der Waals surface area (Å²) in [6, 6.07) is 16.1. The summed E-state index contributed by atoms with van der Waals surface area (Å²) in [7, 11) is 0. The number of nitrogens with zero attached hydrogens (tertiary/aromatic N) is 2. The molecular weight excluding hydrogens is 352 g/mol. The second kappa shape index (κ2) is 6.14. The molecule has 6 nitrogen and oxygen atoms in total. The highest BCUT2D eigenvalue weighted by atomic mass is 35.5. The Balaban J connectivity index is 1.95. The molecule has 0 saturated carbocycles. The summed E-state index contributed by atoms with van der Waals surface area (Å²) < 4.78 is 5.55. The molecule has 0 aliphatic carbocycles. The normalized spacial score (nSPS) is 15.9. The number of aromatic nitrogens is 2. The number of phenolic OH excluding ortho intramolecular Hbond substituents is 1. The molecule has 0 saturated heterocycles. The van der Waals surface area contributed by atoms with Crippen LogP contribution in [-0.4, -0.2) is 15.3 Å². The molecule has 0 fully saturated rings. The molecule has 1 aromatic heterocycles. The number of rotatable bonds is 2. The Bertz CT molecular complexity index is 1060. The largest absolute Gasteiger partial charge is 0.508 e. The Morgan fingerprint density at radius 2 is 2.00 bits per heavy atom. The fraction of sp³-hybridized carbons (Fsp3) is 0.0526. The molecule has 1 atom stereocenters. The number of ether oxygens (including phenoxy) is 1. The van der Waals surface area contributed by atoms with E-state index in [1.165, 1.54) is 0 Å².